The topological polar surface area (TPSA) is 83.1 Å². The lowest BCUT2D eigenvalue weighted by Crippen LogP contribution is -2.33. The number of aryl methyl sites for hydroxylation is 2. The van der Waals surface area contributed by atoms with Crippen LogP contribution < -0.4 is 0 Å². The second-order valence-corrected chi connectivity index (χ2v) is 8.66. The van der Waals surface area contributed by atoms with E-state index in [1.807, 2.05) is 26.0 Å². The van der Waals surface area contributed by atoms with Crippen LogP contribution in [0.1, 0.15) is 23.4 Å². The molecule has 1 atom stereocenters. The summed E-state index contributed by atoms with van der Waals surface area (Å²) in [6.45, 7) is 4.44. The molecule has 1 aromatic heterocycles. The number of imidazole rings is 1. The van der Waals surface area contributed by atoms with Crippen molar-refractivity contribution in [1.82, 2.24) is 14.9 Å². The van der Waals surface area contributed by atoms with E-state index >= 15 is 0 Å². The van der Waals surface area contributed by atoms with Crippen molar-refractivity contribution in [3.8, 4) is 0 Å². The highest BCUT2D eigenvalue weighted by Crippen LogP contribution is 2.22. The lowest BCUT2D eigenvalue weighted by Gasteiger charge is -2.19. The van der Waals surface area contributed by atoms with Crippen LogP contribution in [0.25, 0.3) is 11.0 Å². The van der Waals surface area contributed by atoms with Crippen molar-refractivity contribution in [2.45, 2.75) is 26.8 Å². The average Bonchev–Trinajstić information content (AvgIpc) is 3.01. The number of H-pyrrole nitrogens is 1. The molecule has 1 aromatic carbocycles. The van der Waals surface area contributed by atoms with E-state index < -0.39 is 15.8 Å². The van der Waals surface area contributed by atoms with Crippen molar-refractivity contribution in [3.63, 3.8) is 0 Å². The number of benzene rings is 1. The Morgan fingerprint density at radius 3 is 2.70 bits per heavy atom. The van der Waals surface area contributed by atoms with Crippen LogP contribution in [-0.2, 0) is 21.2 Å². The molecule has 1 N–H and O–H groups in total. The summed E-state index contributed by atoms with van der Waals surface area (Å²) < 4.78 is 23.0. The average molecular weight is 335 g/mol. The third-order valence-corrected chi connectivity index (χ3v) is 6.26. The number of carbonyl (C=O) groups is 1. The molecule has 3 rings (SSSR count). The molecule has 0 spiro atoms. The van der Waals surface area contributed by atoms with E-state index in [0.29, 0.717) is 18.8 Å². The van der Waals surface area contributed by atoms with Gasteiger partial charge < -0.3 is 9.88 Å². The van der Waals surface area contributed by atoms with Crippen molar-refractivity contribution in [2.24, 2.45) is 5.92 Å². The molecule has 0 unspecified atom stereocenters. The highest BCUT2D eigenvalue weighted by molar-refractivity contribution is 7.91. The van der Waals surface area contributed by atoms with Crippen LogP contribution in [0.4, 0.5) is 0 Å². The van der Waals surface area contributed by atoms with E-state index in [-0.39, 0.29) is 17.4 Å². The summed E-state index contributed by atoms with van der Waals surface area (Å²) in [5.74, 6) is 0.245. The van der Waals surface area contributed by atoms with Crippen LogP contribution in [0.5, 0.6) is 0 Å². The van der Waals surface area contributed by atoms with Gasteiger partial charge in [0, 0.05) is 7.05 Å². The number of carbonyl (C=O) groups excluding carboxylic acids is 1. The standard InChI is InChI=1S/C16H21N3O3S/c1-10-6-13-14(7-11(10)2)18-15(17-13)8-19(3)16(20)12-4-5-23(21,22)9-12/h6-7,12H,4-5,8-9H2,1-3H3,(H,17,18)/t12-/m0/s1. The second-order valence-electron chi connectivity index (χ2n) is 6.43. The Balaban J connectivity index is 1.75. The molecule has 1 saturated heterocycles. The number of fused-ring (bicyclic) bond motifs is 1. The minimum Gasteiger partial charge on any atom is -0.340 e. The number of hydrogen-bond acceptors (Lipinski definition) is 4. The van der Waals surface area contributed by atoms with Gasteiger partial charge in [-0.15, -0.1) is 0 Å². The number of nitrogens with zero attached hydrogens (tertiary/aromatic N) is 2. The van der Waals surface area contributed by atoms with Crippen LogP contribution in [0.2, 0.25) is 0 Å². The second kappa shape index (κ2) is 5.63. The fourth-order valence-corrected chi connectivity index (χ4v) is 4.73. The molecule has 124 valence electrons. The van der Waals surface area contributed by atoms with Gasteiger partial charge in [0.25, 0.3) is 0 Å². The Morgan fingerprint density at radius 1 is 1.35 bits per heavy atom. The Morgan fingerprint density at radius 2 is 2.04 bits per heavy atom. The van der Waals surface area contributed by atoms with Gasteiger partial charge in [-0.2, -0.15) is 0 Å². The van der Waals surface area contributed by atoms with Gasteiger partial charge in [-0.1, -0.05) is 0 Å². The molecule has 2 heterocycles. The number of hydrogen-bond donors (Lipinski definition) is 1. The Kier molecular flexibility index (Phi) is 3.91. The third kappa shape index (κ3) is 3.24. The van der Waals surface area contributed by atoms with Crippen molar-refractivity contribution >= 4 is 26.8 Å². The van der Waals surface area contributed by atoms with Crippen molar-refractivity contribution < 1.29 is 13.2 Å². The zero-order valence-corrected chi connectivity index (χ0v) is 14.4. The normalized spacial score (nSPS) is 20.0. The molecule has 7 heteroatoms. The molecule has 0 bridgehead atoms. The summed E-state index contributed by atoms with van der Waals surface area (Å²) in [4.78, 5) is 21.7. The SMILES string of the molecule is Cc1cc2nc(CN(C)C(=O)[C@H]3CCS(=O)(=O)C3)[nH]c2cc1C. The first-order valence-corrected chi connectivity index (χ1v) is 9.48. The monoisotopic (exact) mass is 335 g/mol. The van der Waals surface area contributed by atoms with Crippen LogP contribution in [0.15, 0.2) is 12.1 Å². The molecule has 0 aliphatic carbocycles. The summed E-state index contributed by atoms with van der Waals surface area (Å²) in [7, 11) is -1.36. The fourth-order valence-electron chi connectivity index (χ4n) is 3.00. The van der Waals surface area contributed by atoms with Crippen molar-refractivity contribution in [1.29, 1.82) is 0 Å². The molecule has 6 nitrogen and oxygen atoms in total. The van der Waals surface area contributed by atoms with Crippen molar-refractivity contribution in [3.05, 3.63) is 29.1 Å². The maximum atomic E-state index is 12.4. The lowest BCUT2D eigenvalue weighted by molar-refractivity contribution is -0.134. The van der Waals surface area contributed by atoms with Gasteiger partial charge in [-0.05, 0) is 43.5 Å². The first-order chi connectivity index (χ1) is 10.7. The summed E-state index contributed by atoms with van der Waals surface area (Å²) in [5.41, 5.74) is 4.20. The number of aromatic amines is 1. The highest BCUT2D eigenvalue weighted by atomic mass is 32.2. The summed E-state index contributed by atoms with van der Waals surface area (Å²) in [6.07, 6.45) is 0.421. The van der Waals surface area contributed by atoms with E-state index in [0.717, 1.165) is 11.0 Å². The van der Waals surface area contributed by atoms with Gasteiger partial charge in [0.1, 0.15) is 5.82 Å². The van der Waals surface area contributed by atoms with E-state index in [9.17, 15) is 13.2 Å². The lowest BCUT2D eigenvalue weighted by atomic mass is 10.1. The van der Waals surface area contributed by atoms with Crippen LogP contribution in [-0.4, -0.2) is 47.7 Å². The Bertz CT molecular complexity index is 831. The molecule has 1 fully saturated rings. The number of amides is 1. The van der Waals surface area contributed by atoms with Crippen LogP contribution in [0.3, 0.4) is 0 Å². The predicted octanol–water partition coefficient (Wildman–Crippen LogP) is 1.57. The molecule has 1 aliphatic heterocycles. The van der Waals surface area contributed by atoms with Gasteiger partial charge in [0.05, 0.1) is 35.0 Å². The van der Waals surface area contributed by atoms with Gasteiger partial charge >= 0.3 is 0 Å². The molecular formula is C16H21N3O3S. The maximum absolute atomic E-state index is 12.4. The molecule has 2 aromatic rings. The number of nitrogens with one attached hydrogen (secondary N) is 1. The van der Waals surface area contributed by atoms with E-state index in [4.69, 9.17) is 0 Å². The highest BCUT2D eigenvalue weighted by Gasteiger charge is 2.34. The predicted molar refractivity (Wildman–Crippen MR) is 88.8 cm³/mol. The molecule has 1 aliphatic rings. The van der Waals surface area contributed by atoms with Crippen molar-refractivity contribution in [2.75, 3.05) is 18.6 Å². The molecule has 23 heavy (non-hydrogen) atoms. The van der Waals surface area contributed by atoms with Crippen LogP contribution >= 0.6 is 0 Å². The van der Waals surface area contributed by atoms with E-state index in [1.54, 1.807) is 11.9 Å². The molecule has 0 saturated carbocycles. The smallest absolute Gasteiger partial charge is 0.226 e. The number of sulfone groups is 1. The summed E-state index contributed by atoms with van der Waals surface area (Å²) in [5, 5.41) is 0. The van der Waals surface area contributed by atoms with E-state index in [1.165, 1.54) is 11.1 Å². The quantitative estimate of drug-likeness (QED) is 0.923. The third-order valence-electron chi connectivity index (χ3n) is 4.49. The fraction of sp³-hybridized carbons (Fsp3) is 0.500. The largest absolute Gasteiger partial charge is 0.340 e. The zero-order chi connectivity index (χ0) is 16.8. The summed E-state index contributed by atoms with van der Waals surface area (Å²) >= 11 is 0. The minimum absolute atomic E-state index is 0.0330. The Labute approximate surface area is 135 Å². The number of aromatic nitrogens is 2. The zero-order valence-electron chi connectivity index (χ0n) is 13.6. The molecule has 0 radical (unpaired) electrons. The minimum atomic E-state index is -3.05. The first kappa shape index (κ1) is 16.0. The van der Waals surface area contributed by atoms with Gasteiger partial charge in [0.15, 0.2) is 9.84 Å². The molecule has 1 amide bonds. The maximum Gasteiger partial charge on any atom is 0.226 e. The van der Waals surface area contributed by atoms with Gasteiger partial charge in [-0.25, -0.2) is 13.4 Å². The van der Waals surface area contributed by atoms with Gasteiger partial charge in [-0.3, -0.25) is 4.79 Å². The van der Waals surface area contributed by atoms with E-state index in [2.05, 4.69) is 9.97 Å². The Hall–Kier alpha value is -1.89. The number of rotatable bonds is 3. The summed E-state index contributed by atoms with van der Waals surface area (Å²) in [6, 6.07) is 4.07. The van der Waals surface area contributed by atoms with Crippen LogP contribution in [0, 0.1) is 19.8 Å². The van der Waals surface area contributed by atoms with Gasteiger partial charge in [0.2, 0.25) is 5.91 Å². The first-order valence-electron chi connectivity index (χ1n) is 7.66. The molecular weight excluding hydrogens is 314 g/mol.